The summed E-state index contributed by atoms with van der Waals surface area (Å²) in [6.07, 6.45) is 1.56. The van der Waals surface area contributed by atoms with Crippen LogP contribution in [-0.2, 0) is 5.33 Å². The Morgan fingerprint density at radius 2 is 2.24 bits per heavy atom. The molecule has 0 saturated heterocycles. The second-order valence-corrected chi connectivity index (χ2v) is 3.77. The second kappa shape index (κ2) is 4.58. The summed E-state index contributed by atoms with van der Waals surface area (Å²) in [6, 6.07) is 3.24. The average molecular weight is 301 g/mol. The highest BCUT2D eigenvalue weighted by atomic mass is 79.9. The van der Waals surface area contributed by atoms with Gasteiger partial charge in [-0.15, -0.1) is 5.10 Å². The van der Waals surface area contributed by atoms with E-state index in [1.807, 2.05) is 0 Å². The predicted molar refractivity (Wildman–Crippen MR) is 60.6 cm³/mol. The van der Waals surface area contributed by atoms with E-state index in [1.54, 1.807) is 6.20 Å². The van der Waals surface area contributed by atoms with Crippen LogP contribution >= 0.6 is 15.9 Å². The minimum Gasteiger partial charge on any atom is -0.258 e. The number of rotatable bonds is 3. The van der Waals surface area contributed by atoms with Crippen LogP contribution in [0.5, 0.6) is 0 Å². The molecule has 6 nitrogen and oxygen atoms in total. The van der Waals surface area contributed by atoms with Gasteiger partial charge in [0.15, 0.2) is 0 Å². The van der Waals surface area contributed by atoms with Crippen molar-refractivity contribution in [2.24, 2.45) is 0 Å². The van der Waals surface area contributed by atoms with E-state index in [0.717, 1.165) is 12.1 Å². The summed E-state index contributed by atoms with van der Waals surface area (Å²) in [4.78, 5) is 9.93. The molecule has 0 bridgehead atoms. The van der Waals surface area contributed by atoms with Gasteiger partial charge < -0.3 is 0 Å². The lowest BCUT2D eigenvalue weighted by Gasteiger charge is -2.00. The molecule has 1 aromatic heterocycles. The lowest BCUT2D eigenvalue weighted by molar-refractivity contribution is -0.385. The van der Waals surface area contributed by atoms with Crippen LogP contribution in [0.25, 0.3) is 5.69 Å². The zero-order valence-electron chi connectivity index (χ0n) is 8.38. The molecule has 0 N–H and O–H groups in total. The molecule has 0 spiro atoms. The van der Waals surface area contributed by atoms with Crippen molar-refractivity contribution in [1.29, 1.82) is 0 Å². The Bertz CT molecular complexity index is 572. The third-order valence-electron chi connectivity index (χ3n) is 2.02. The Labute approximate surface area is 103 Å². The molecule has 0 unspecified atom stereocenters. The van der Waals surface area contributed by atoms with Crippen LogP contribution in [-0.4, -0.2) is 19.9 Å². The number of non-ortho nitro benzene ring substituents is 1. The highest BCUT2D eigenvalue weighted by Crippen LogP contribution is 2.19. The van der Waals surface area contributed by atoms with Crippen LogP contribution in [0.4, 0.5) is 10.1 Å². The molecular weight excluding hydrogens is 295 g/mol. The van der Waals surface area contributed by atoms with E-state index in [4.69, 9.17) is 0 Å². The van der Waals surface area contributed by atoms with Crippen molar-refractivity contribution in [3.8, 4) is 5.69 Å². The van der Waals surface area contributed by atoms with E-state index in [9.17, 15) is 14.5 Å². The van der Waals surface area contributed by atoms with Crippen molar-refractivity contribution < 1.29 is 9.31 Å². The Hall–Kier alpha value is -1.83. The van der Waals surface area contributed by atoms with Crippen molar-refractivity contribution in [3.63, 3.8) is 0 Å². The van der Waals surface area contributed by atoms with E-state index >= 15 is 0 Å². The molecule has 0 amide bonds. The van der Waals surface area contributed by atoms with E-state index in [-0.39, 0.29) is 11.4 Å². The van der Waals surface area contributed by atoms with Crippen LogP contribution < -0.4 is 0 Å². The Morgan fingerprint density at radius 3 is 2.82 bits per heavy atom. The maximum Gasteiger partial charge on any atom is 0.274 e. The molecule has 0 aliphatic rings. The standard InChI is InChI=1S/C9H6BrFN4O2/c10-4-7-5-14(13-12-7)8-1-6(11)2-9(3-8)15(16)17/h1-3,5H,4H2. The lowest BCUT2D eigenvalue weighted by atomic mass is 10.2. The zero-order chi connectivity index (χ0) is 12.4. The van der Waals surface area contributed by atoms with Gasteiger partial charge >= 0.3 is 0 Å². The third-order valence-corrected chi connectivity index (χ3v) is 2.59. The molecule has 0 radical (unpaired) electrons. The number of benzene rings is 1. The van der Waals surface area contributed by atoms with Crippen LogP contribution in [0.1, 0.15) is 5.69 Å². The predicted octanol–water partition coefficient (Wildman–Crippen LogP) is 2.21. The molecule has 0 aliphatic heterocycles. The van der Waals surface area contributed by atoms with Gasteiger partial charge in [-0.25, -0.2) is 9.07 Å². The highest BCUT2D eigenvalue weighted by Gasteiger charge is 2.12. The molecule has 1 aromatic carbocycles. The molecule has 1 heterocycles. The summed E-state index contributed by atoms with van der Waals surface area (Å²) in [6.45, 7) is 0. The van der Waals surface area contributed by atoms with Crippen molar-refractivity contribution in [1.82, 2.24) is 15.0 Å². The van der Waals surface area contributed by atoms with Crippen LogP contribution in [0.15, 0.2) is 24.4 Å². The number of nitrogens with zero attached hydrogens (tertiary/aromatic N) is 4. The lowest BCUT2D eigenvalue weighted by Crippen LogP contribution is -1.98. The second-order valence-electron chi connectivity index (χ2n) is 3.21. The van der Waals surface area contributed by atoms with Crippen LogP contribution in [0, 0.1) is 15.9 Å². The minimum absolute atomic E-state index is 0.261. The Morgan fingerprint density at radius 1 is 1.47 bits per heavy atom. The monoisotopic (exact) mass is 300 g/mol. The molecule has 8 heteroatoms. The van der Waals surface area contributed by atoms with Crippen molar-refractivity contribution in [2.75, 3.05) is 0 Å². The first-order valence-corrected chi connectivity index (χ1v) is 5.65. The summed E-state index contributed by atoms with van der Waals surface area (Å²) in [7, 11) is 0. The average Bonchev–Trinajstić information content (AvgIpc) is 2.76. The fraction of sp³-hybridized carbons (Fsp3) is 0.111. The van der Waals surface area contributed by atoms with E-state index in [1.165, 1.54) is 10.7 Å². The first-order chi connectivity index (χ1) is 8.10. The molecule has 17 heavy (non-hydrogen) atoms. The molecule has 2 rings (SSSR count). The van der Waals surface area contributed by atoms with Crippen LogP contribution in [0.3, 0.4) is 0 Å². The Balaban J connectivity index is 2.47. The molecular formula is C9H6BrFN4O2. The van der Waals surface area contributed by atoms with Gasteiger partial charge in [0.25, 0.3) is 5.69 Å². The molecule has 0 fully saturated rings. The van der Waals surface area contributed by atoms with Crippen molar-refractivity contribution in [2.45, 2.75) is 5.33 Å². The van der Waals surface area contributed by atoms with Gasteiger partial charge in [0, 0.05) is 17.5 Å². The molecule has 88 valence electrons. The summed E-state index contributed by atoms with van der Waals surface area (Å²) < 4.78 is 14.5. The normalized spacial score (nSPS) is 10.5. The van der Waals surface area contributed by atoms with Crippen molar-refractivity contribution in [3.05, 3.63) is 46.0 Å². The number of hydrogen-bond acceptors (Lipinski definition) is 4. The first kappa shape index (κ1) is 11.6. The smallest absolute Gasteiger partial charge is 0.258 e. The molecule has 2 aromatic rings. The SMILES string of the molecule is O=[N+]([O-])c1cc(F)cc(-n2cc(CBr)nn2)c1. The number of nitro groups is 1. The number of alkyl halides is 1. The summed E-state index contributed by atoms with van der Waals surface area (Å²) >= 11 is 3.20. The number of halogens is 2. The van der Waals surface area contributed by atoms with E-state index < -0.39 is 10.7 Å². The van der Waals surface area contributed by atoms with Gasteiger partial charge in [-0.05, 0) is 0 Å². The first-order valence-electron chi connectivity index (χ1n) is 4.52. The quantitative estimate of drug-likeness (QED) is 0.495. The van der Waals surface area contributed by atoms with Gasteiger partial charge in [-0.1, -0.05) is 21.1 Å². The van der Waals surface area contributed by atoms with E-state index in [2.05, 4.69) is 26.2 Å². The topological polar surface area (TPSA) is 73.8 Å². The van der Waals surface area contributed by atoms with Crippen molar-refractivity contribution >= 4 is 21.6 Å². The number of hydrogen-bond donors (Lipinski definition) is 0. The van der Waals surface area contributed by atoms with Gasteiger partial charge in [-0.2, -0.15) is 0 Å². The Kier molecular flexibility index (Phi) is 3.14. The van der Waals surface area contributed by atoms with Gasteiger partial charge in [0.1, 0.15) is 5.82 Å². The van der Waals surface area contributed by atoms with E-state index in [0.29, 0.717) is 11.0 Å². The number of nitro benzene ring substituents is 1. The zero-order valence-corrected chi connectivity index (χ0v) is 9.96. The third kappa shape index (κ3) is 2.47. The van der Waals surface area contributed by atoms with Gasteiger partial charge in [0.05, 0.1) is 28.6 Å². The van der Waals surface area contributed by atoms with Gasteiger partial charge in [0.2, 0.25) is 0 Å². The number of aromatic nitrogens is 3. The largest absolute Gasteiger partial charge is 0.274 e. The minimum atomic E-state index is -0.690. The summed E-state index contributed by atoms with van der Waals surface area (Å²) in [5, 5.41) is 18.6. The molecule has 0 saturated carbocycles. The maximum absolute atomic E-state index is 13.2. The van der Waals surface area contributed by atoms with Gasteiger partial charge in [-0.3, -0.25) is 10.1 Å². The molecule has 0 aliphatic carbocycles. The maximum atomic E-state index is 13.2. The highest BCUT2D eigenvalue weighted by molar-refractivity contribution is 9.08. The summed E-state index contributed by atoms with van der Waals surface area (Å²) in [5.41, 5.74) is 0.587. The fourth-order valence-electron chi connectivity index (χ4n) is 1.28. The molecule has 0 atom stereocenters. The fourth-order valence-corrected chi connectivity index (χ4v) is 1.54. The summed E-state index contributed by atoms with van der Waals surface area (Å²) in [5.74, 6) is -0.690. The van der Waals surface area contributed by atoms with Crippen LogP contribution in [0.2, 0.25) is 0 Å².